The van der Waals surface area contributed by atoms with Crippen LogP contribution < -0.4 is 10.1 Å². The number of hydrogen-bond donors (Lipinski definition) is 1. The molecule has 4 heteroatoms. The lowest BCUT2D eigenvalue weighted by Crippen LogP contribution is -2.05. The van der Waals surface area contributed by atoms with E-state index < -0.39 is 0 Å². The smallest absolute Gasteiger partial charge is 0.132 e. The van der Waals surface area contributed by atoms with Crippen molar-refractivity contribution >= 4 is 5.82 Å². The van der Waals surface area contributed by atoms with E-state index >= 15 is 0 Å². The van der Waals surface area contributed by atoms with E-state index in [1.807, 2.05) is 12.1 Å². The van der Waals surface area contributed by atoms with Gasteiger partial charge < -0.3 is 10.1 Å². The van der Waals surface area contributed by atoms with Gasteiger partial charge in [0.2, 0.25) is 0 Å². The fraction of sp³-hybridized carbons (Fsp3) is 0.412. The van der Waals surface area contributed by atoms with Crippen molar-refractivity contribution in [3.05, 3.63) is 36.2 Å². The maximum Gasteiger partial charge on any atom is 0.132 e. The highest BCUT2D eigenvalue weighted by atomic mass is 16.5. The number of aromatic nitrogens is 2. The summed E-state index contributed by atoms with van der Waals surface area (Å²) in [6, 6.07) is 8.16. The number of anilines is 1. The Kier molecular flexibility index (Phi) is 4.04. The van der Waals surface area contributed by atoms with Gasteiger partial charge in [-0.05, 0) is 38.3 Å². The number of benzene rings is 1. The van der Waals surface area contributed by atoms with Crippen molar-refractivity contribution in [2.45, 2.75) is 39.2 Å². The first-order valence-corrected chi connectivity index (χ1v) is 7.60. The second kappa shape index (κ2) is 6.12. The van der Waals surface area contributed by atoms with Crippen LogP contribution >= 0.6 is 0 Å². The van der Waals surface area contributed by atoms with E-state index in [1.54, 1.807) is 6.33 Å². The van der Waals surface area contributed by atoms with Crippen molar-refractivity contribution in [3.63, 3.8) is 0 Å². The summed E-state index contributed by atoms with van der Waals surface area (Å²) in [4.78, 5) is 8.78. The number of nitrogens with zero attached hydrogens (tertiary/aromatic N) is 2. The maximum absolute atomic E-state index is 5.86. The van der Waals surface area contributed by atoms with Crippen molar-refractivity contribution in [1.29, 1.82) is 0 Å². The average Bonchev–Trinajstić information content (AvgIpc) is 3.30. The summed E-state index contributed by atoms with van der Waals surface area (Å²) in [5.74, 6) is 1.84. The van der Waals surface area contributed by atoms with E-state index in [0.29, 0.717) is 6.10 Å². The summed E-state index contributed by atoms with van der Waals surface area (Å²) in [6.07, 6.45) is 5.44. The van der Waals surface area contributed by atoms with Crippen LogP contribution in [0.3, 0.4) is 0 Å². The van der Waals surface area contributed by atoms with E-state index in [1.165, 1.54) is 12.8 Å². The Balaban J connectivity index is 1.88. The highest BCUT2D eigenvalue weighted by Crippen LogP contribution is 2.31. The molecule has 4 nitrogen and oxygen atoms in total. The lowest BCUT2D eigenvalue weighted by Gasteiger charge is -2.12. The quantitative estimate of drug-likeness (QED) is 0.875. The van der Waals surface area contributed by atoms with Crippen LogP contribution in [0.15, 0.2) is 30.6 Å². The van der Waals surface area contributed by atoms with E-state index in [9.17, 15) is 0 Å². The summed E-state index contributed by atoms with van der Waals surface area (Å²) >= 11 is 0. The van der Waals surface area contributed by atoms with E-state index in [4.69, 9.17) is 4.74 Å². The van der Waals surface area contributed by atoms with Crippen LogP contribution in [0.5, 0.6) is 5.75 Å². The fourth-order valence-electron chi connectivity index (χ4n) is 2.26. The molecule has 1 N–H and O–H groups in total. The highest BCUT2D eigenvalue weighted by Gasteiger charge is 2.23. The molecule has 2 aromatic rings. The van der Waals surface area contributed by atoms with Crippen LogP contribution in [0.2, 0.25) is 0 Å². The lowest BCUT2D eigenvalue weighted by molar-refractivity contribution is 0.303. The molecule has 0 radical (unpaired) electrons. The Labute approximate surface area is 125 Å². The van der Waals surface area contributed by atoms with Crippen molar-refractivity contribution in [2.75, 3.05) is 11.9 Å². The number of nitrogens with one attached hydrogen (secondary N) is 1. The number of ether oxygens (including phenoxy) is 1. The molecular weight excluding hydrogens is 262 g/mol. The van der Waals surface area contributed by atoms with Gasteiger partial charge in [0, 0.05) is 17.7 Å². The van der Waals surface area contributed by atoms with Crippen LogP contribution in [0.25, 0.3) is 11.3 Å². The van der Waals surface area contributed by atoms with Crippen LogP contribution in [0.1, 0.15) is 31.7 Å². The molecule has 0 aliphatic heterocycles. The molecule has 1 aliphatic rings. The third-order valence-corrected chi connectivity index (χ3v) is 3.56. The predicted molar refractivity (Wildman–Crippen MR) is 84.6 cm³/mol. The third kappa shape index (κ3) is 3.32. The Bertz CT molecular complexity index is 623. The number of rotatable bonds is 6. The Morgan fingerprint density at radius 2 is 2.14 bits per heavy atom. The van der Waals surface area contributed by atoms with Gasteiger partial charge in [0.05, 0.1) is 11.8 Å². The Morgan fingerprint density at radius 1 is 1.29 bits per heavy atom. The van der Waals surface area contributed by atoms with E-state index in [2.05, 4.69) is 41.3 Å². The first kappa shape index (κ1) is 13.9. The lowest BCUT2D eigenvalue weighted by atomic mass is 10.1. The largest absolute Gasteiger partial charge is 0.490 e. The van der Waals surface area contributed by atoms with Gasteiger partial charge in [-0.25, -0.2) is 9.97 Å². The predicted octanol–water partition coefficient (Wildman–Crippen LogP) is 3.82. The van der Waals surface area contributed by atoms with Crippen molar-refractivity contribution in [3.8, 4) is 17.0 Å². The molecule has 1 saturated carbocycles. The van der Waals surface area contributed by atoms with Crippen LogP contribution in [-0.2, 0) is 0 Å². The molecule has 3 rings (SSSR count). The molecule has 0 bridgehead atoms. The topological polar surface area (TPSA) is 47.0 Å². The van der Waals surface area contributed by atoms with Gasteiger partial charge in [0.1, 0.15) is 17.9 Å². The molecular formula is C17H21N3O. The van der Waals surface area contributed by atoms with Crippen LogP contribution in [0.4, 0.5) is 5.82 Å². The molecule has 1 aromatic heterocycles. The molecule has 1 aromatic carbocycles. The van der Waals surface area contributed by atoms with Gasteiger partial charge in [-0.3, -0.25) is 0 Å². The molecule has 21 heavy (non-hydrogen) atoms. The molecule has 1 aliphatic carbocycles. The van der Waals surface area contributed by atoms with E-state index in [0.717, 1.165) is 41.4 Å². The first-order valence-electron chi connectivity index (χ1n) is 7.60. The van der Waals surface area contributed by atoms with Gasteiger partial charge in [-0.1, -0.05) is 19.1 Å². The van der Waals surface area contributed by atoms with Gasteiger partial charge in [-0.2, -0.15) is 0 Å². The third-order valence-electron chi connectivity index (χ3n) is 3.56. The summed E-state index contributed by atoms with van der Waals surface area (Å²) in [7, 11) is 0. The SMILES string of the molecule is CCCNc1ncnc(-c2cccc(OC3CC3)c2)c1C. The standard InChI is InChI=1S/C17H21N3O/c1-3-9-18-17-12(2)16(19-11-20-17)13-5-4-6-15(10-13)21-14-7-8-14/h4-6,10-11,14H,3,7-9H2,1-2H3,(H,18,19,20). The minimum Gasteiger partial charge on any atom is -0.490 e. The summed E-state index contributed by atoms with van der Waals surface area (Å²) in [5.41, 5.74) is 3.12. The van der Waals surface area contributed by atoms with Gasteiger partial charge in [-0.15, -0.1) is 0 Å². The van der Waals surface area contributed by atoms with Gasteiger partial charge in [0.25, 0.3) is 0 Å². The van der Waals surface area contributed by atoms with Crippen molar-refractivity contribution < 1.29 is 4.74 Å². The molecule has 110 valence electrons. The Morgan fingerprint density at radius 3 is 2.90 bits per heavy atom. The first-order chi connectivity index (χ1) is 10.3. The van der Waals surface area contributed by atoms with Crippen molar-refractivity contribution in [1.82, 2.24) is 9.97 Å². The molecule has 0 saturated heterocycles. The molecule has 1 fully saturated rings. The molecule has 0 spiro atoms. The molecule has 0 amide bonds. The maximum atomic E-state index is 5.86. The van der Waals surface area contributed by atoms with E-state index in [-0.39, 0.29) is 0 Å². The molecule has 0 unspecified atom stereocenters. The minimum absolute atomic E-state index is 0.411. The van der Waals surface area contributed by atoms with Crippen molar-refractivity contribution in [2.24, 2.45) is 0 Å². The summed E-state index contributed by atoms with van der Waals surface area (Å²) in [5, 5.41) is 3.35. The van der Waals surface area contributed by atoms with Gasteiger partial charge >= 0.3 is 0 Å². The highest BCUT2D eigenvalue weighted by molar-refractivity contribution is 5.68. The van der Waals surface area contributed by atoms with Crippen LogP contribution in [0, 0.1) is 6.92 Å². The molecule has 0 atom stereocenters. The molecule has 1 heterocycles. The zero-order chi connectivity index (χ0) is 14.7. The summed E-state index contributed by atoms with van der Waals surface area (Å²) in [6.45, 7) is 5.12. The number of hydrogen-bond acceptors (Lipinski definition) is 4. The van der Waals surface area contributed by atoms with Gasteiger partial charge in [0.15, 0.2) is 0 Å². The fourth-order valence-corrected chi connectivity index (χ4v) is 2.26. The van der Waals surface area contributed by atoms with Crippen LogP contribution in [-0.4, -0.2) is 22.6 Å². The second-order valence-corrected chi connectivity index (χ2v) is 5.47. The average molecular weight is 283 g/mol. The monoisotopic (exact) mass is 283 g/mol. The normalized spacial score (nSPS) is 14.0. The zero-order valence-electron chi connectivity index (χ0n) is 12.6. The Hall–Kier alpha value is -2.10. The second-order valence-electron chi connectivity index (χ2n) is 5.47. The summed E-state index contributed by atoms with van der Waals surface area (Å²) < 4.78 is 5.86. The zero-order valence-corrected chi connectivity index (χ0v) is 12.6. The minimum atomic E-state index is 0.411.